The monoisotopic (exact) mass is 181 g/mol. The molecule has 4 nitrogen and oxygen atoms in total. The van der Waals surface area contributed by atoms with Crippen LogP contribution >= 0.6 is 0 Å². The third kappa shape index (κ3) is 1.83. The minimum atomic E-state index is 0.300. The van der Waals surface area contributed by atoms with Gasteiger partial charge in [0.25, 0.3) is 0 Å². The van der Waals surface area contributed by atoms with E-state index >= 15 is 0 Å². The molecule has 72 valence electrons. The zero-order valence-corrected chi connectivity index (χ0v) is 8.08. The summed E-state index contributed by atoms with van der Waals surface area (Å²) in [7, 11) is 1.93. The van der Waals surface area contributed by atoms with Crippen molar-refractivity contribution in [2.45, 2.75) is 19.4 Å². The molecule has 0 spiro atoms. The molecule has 1 atom stereocenters. The van der Waals surface area contributed by atoms with Crippen molar-refractivity contribution in [3.8, 4) is 5.88 Å². The Bertz CT molecular complexity index is 270. The van der Waals surface area contributed by atoms with Gasteiger partial charge in [-0.15, -0.1) is 5.10 Å². The number of aromatic nitrogens is 2. The van der Waals surface area contributed by atoms with Crippen LogP contribution in [0.15, 0.2) is 6.07 Å². The third-order valence-corrected chi connectivity index (χ3v) is 2.39. The number of hydrogen-bond acceptors (Lipinski definition) is 3. The Morgan fingerprint density at radius 3 is 3.08 bits per heavy atom. The van der Waals surface area contributed by atoms with E-state index in [2.05, 4.69) is 10.4 Å². The molecule has 1 aromatic rings. The maximum absolute atomic E-state index is 5.68. The van der Waals surface area contributed by atoms with Crippen LogP contribution in [0.25, 0.3) is 0 Å². The van der Waals surface area contributed by atoms with Gasteiger partial charge in [-0.25, -0.2) is 0 Å². The molecule has 1 aliphatic heterocycles. The minimum absolute atomic E-state index is 0.300. The summed E-state index contributed by atoms with van der Waals surface area (Å²) in [5, 5.41) is 7.49. The highest BCUT2D eigenvalue weighted by Crippen LogP contribution is 2.13. The average Bonchev–Trinajstić information content (AvgIpc) is 2.64. The largest absolute Gasteiger partial charge is 0.472 e. The summed E-state index contributed by atoms with van der Waals surface area (Å²) in [6, 6.07) is 1.97. The van der Waals surface area contributed by atoms with Crippen LogP contribution in [0.3, 0.4) is 0 Å². The molecule has 1 aromatic heterocycles. The molecule has 2 heterocycles. The first-order valence-electron chi connectivity index (χ1n) is 4.64. The highest BCUT2D eigenvalue weighted by molar-refractivity contribution is 5.14. The van der Waals surface area contributed by atoms with E-state index in [-0.39, 0.29) is 0 Å². The van der Waals surface area contributed by atoms with Gasteiger partial charge in [-0.05, 0) is 19.9 Å². The first-order chi connectivity index (χ1) is 6.25. The second-order valence-electron chi connectivity index (χ2n) is 3.48. The standard InChI is InChI=1S/C9H15N3O/c1-7-5-9(11-12(7)2)13-8-3-4-10-6-8/h5,8,10H,3-4,6H2,1-2H3. The molecular weight excluding hydrogens is 166 g/mol. The lowest BCUT2D eigenvalue weighted by atomic mass is 10.3. The molecule has 0 radical (unpaired) electrons. The topological polar surface area (TPSA) is 39.1 Å². The van der Waals surface area contributed by atoms with E-state index < -0.39 is 0 Å². The van der Waals surface area contributed by atoms with Gasteiger partial charge in [0.05, 0.1) is 0 Å². The molecule has 1 N–H and O–H groups in total. The lowest BCUT2D eigenvalue weighted by molar-refractivity contribution is 0.212. The SMILES string of the molecule is Cc1cc(OC2CCNC2)nn1C. The quantitative estimate of drug-likeness (QED) is 0.721. The first kappa shape index (κ1) is 8.56. The number of hydrogen-bond donors (Lipinski definition) is 1. The van der Waals surface area contributed by atoms with E-state index in [0.717, 1.165) is 31.1 Å². The first-order valence-corrected chi connectivity index (χ1v) is 4.64. The predicted molar refractivity (Wildman–Crippen MR) is 49.8 cm³/mol. The predicted octanol–water partition coefficient (Wildman–Crippen LogP) is 0.469. The van der Waals surface area contributed by atoms with Gasteiger partial charge in [-0.3, -0.25) is 4.68 Å². The third-order valence-electron chi connectivity index (χ3n) is 2.39. The number of aryl methyl sites for hydroxylation is 2. The van der Waals surface area contributed by atoms with Crippen LogP contribution in [0.2, 0.25) is 0 Å². The summed E-state index contributed by atoms with van der Waals surface area (Å²) in [6.07, 6.45) is 1.38. The van der Waals surface area contributed by atoms with Crippen LogP contribution in [0.4, 0.5) is 0 Å². The maximum Gasteiger partial charge on any atom is 0.233 e. The molecule has 0 bridgehead atoms. The number of rotatable bonds is 2. The van der Waals surface area contributed by atoms with Crippen molar-refractivity contribution >= 4 is 0 Å². The van der Waals surface area contributed by atoms with Gasteiger partial charge in [0.1, 0.15) is 6.10 Å². The van der Waals surface area contributed by atoms with Crippen LogP contribution in [0, 0.1) is 6.92 Å². The van der Waals surface area contributed by atoms with Crippen LogP contribution < -0.4 is 10.1 Å². The van der Waals surface area contributed by atoms with Gasteiger partial charge in [0.2, 0.25) is 5.88 Å². The van der Waals surface area contributed by atoms with Crippen LogP contribution in [-0.2, 0) is 7.05 Å². The maximum atomic E-state index is 5.68. The molecule has 0 aliphatic carbocycles. The zero-order valence-electron chi connectivity index (χ0n) is 8.08. The fourth-order valence-corrected chi connectivity index (χ4v) is 1.48. The lowest BCUT2D eigenvalue weighted by Crippen LogP contribution is -2.19. The van der Waals surface area contributed by atoms with Gasteiger partial charge >= 0.3 is 0 Å². The highest BCUT2D eigenvalue weighted by atomic mass is 16.5. The Morgan fingerprint density at radius 2 is 2.54 bits per heavy atom. The molecule has 1 aliphatic rings. The fourth-order valence-electron chi connectivity index (χ4n) is 1.48. The minimum Gasteiger partial charge on any atom is -0.472 e. The normalized spacial score (nSPS) is 22.2. The molecule has 0 amide bonds. The molecule has 2 rings (SSSR count). The zero-order chi connectivity index (χ0) is 9.26. The fraction of sp³-hybridized carbons (Fsp3) is 0.667. The van der Waals surface area contributed by atoms with E-state index in [0.29, 0.717) is 6.10 Å². The molecule has 1 fully saturated rings. The van der Waals surface area contributed by atoms with Crippen molar-refractivity contribution in [2.75, 3.05) is 13.1 Å². The summed E-state index contributed by atoms with van der Waals surface area (Å²) >= 11 is 0. The molecular formula is C9H15N3O. The van der Waals surface area contributed by atoms with Gasteiger partial charge < -0.3 is 10.1 Å². The van der Waals surface area contributed by atoms with Gasteiger partial charge in [-0.1, -0.05) is 0 Å². The smallest absolute Gasteiger partial charge is 0.233 e. The number of nitrogens with zero attached hydrogens (tertiary/aromatic N) is 2. The van der Waals surface area contributed by atoms with Crippen LogP contribution in [-0.4, -0.2) is 29.0 Å². The Morgan fingerprint density at radius 1 is 1.69 bits per heavy atom. The van der Waals surface area contributed by atoms with Gasteiger partial charge in [-0.2, -0.15) is 0 Å². The number of ether oxygens (including phenoxy) is 1. The summed E-state index contributed by atoms with van der Waals surface area (Å²) in [4.78, 5) is 0. The molecule has 13 heavy (non-hydrogen) atoms. The molecule has 0 aromatic carbocycles. The Kier molecular flexibility index (Phi) is 2.22. The molecule has 4 heteroatoms. The van der Waals surface area contributed by atoms with E-state index in [4.69, 9.17) is 4.74 Å². The summed E-state index contributed by atoms with van der Waals surface area (Å²) in [5.41, 5.74) is 1.13. The van der Waals surface area contributed by atoms with Crippen LogP contribution in [0.5, 0.6) is 5.88 Å². The molecule has 0 saturated carbocycles. The van der Waals surface area contributed by atoms with E-state index in [1.165, 1.54) is 0 Å². The van der Waals surface area contributed by atoms with E-state index in [9.17, 15) is 0 Å². The van der Waals surface area contributed by atoms with E-state index in [1.807, 2.05) is 24.7 Å². The Balaban J connectivity index is 2.00. The van der Waals surface area contributed by atoms with Crippen molar-refractivity contribution in [3.63, 3.8) is 0 Å². The van der Waals surface area contributed by atoms with Crippen molar-refractivity contribution < 1.29 is 4.74 Å². The van der Waals surface area contributed by atoms with Crippen molar-refractivity contribution in [3.05, 3.63) is 11.8 Å². The van der Waals surface area contributed by atoms with Crippen molar-refractivity contribution in [1.82, 2.24) is 15.1 Å². The van der Waals surface area contributed by atoms with Crippen LogP contribution in [0.1, 0.15) is 12.1 Å². The molecule has 1 saturated heterocycles. The summed E-state index contributed by atoms with van der Waals surface area (Å²) in [6.45, 7) is 4.01. The summed E-state index contributed by atoms with van der Waals surface area (Å²) < 4.78 is 7.51. The van der Waals surface area contributed by atoms with Crippen molar-refractivity contribution in [2.24, 2.45) is 7.05 Å². The van der Waals surface area contributed by atoms with Crippen molar-refractivity contribution in [1.29, 1.82) is 0 Å². The van der Waals surface area contributed by atoms with Gasteiger partial charge in [0.15, 0.2) is 0 Å². The lowest BCUT2D eigenvalue weighted by Gasteiger charge is -2.08. The van der Waals surface area contributed by atoms with E-state index in [1.54, 1.807) is 0 Å². The number of nitrogens with one attached hydrogen (secondary N) is 1. The second kappa shape index (κ2) is 3.38. The Labute approximate surface area is 77.9 Å². The second-order valence-corrected chi connectivity index (χ2v) is 3.48. The Hall–Kier alpha value is -1.03. The highest BCUT2D eigenvalue weighted by Gasteiger charge is 2.17. The summed E-state index contributed by atoms with van der Waals surface area (Å²) in [5.74, 6) is 0.744. The molecule has 1 unspecified atom stereocenters. The van der Waals surface area contributed by atoms with Gasteiger partial charge in [0, 0.05) is 25.4 Å². The average molecular weight is 181 g/mol.